The third-order valence-electron chi connectivity index (χ3n) is 5.49. The van der Waals surface area contributed by atoms with E-state index in [1.165, 1.54) is 11.8 Å². The maximum Gasteiger partial charge on any atom is 0.240 e. The first-order valence-electron chi connectivity index (χ1n) is 10.4. The number of morpholine rings is 1. The topological polar surface area (TPSA) is 60.2 Å². The Hall–Kier alpha value is -2.64. The summed E-state index contributed by atoms with van der Waals surface area (Å²) in [5, 5.41) is 9.44. The van der Waals surface area contributed by atoms with E-state index >= 15 is 0 Å². The molecule has 1 saturated heterocycles. The molecule has 1 atom stereocenters. The van der Waals surface area contributed by atoms with Crippen LogP contribution in [-0.4, -0.2) is 51.9 Å². The van der Waals surface area contributed by atoms with Gasteiger partial charge in [0.15, 0.2) is 5.16 Å². The molecule has 3 aromatic rings. The number of hydrogen-bond donors (Lipinski definition) is 0. The number of aromatic nitrogens is 3. The highest BCUT2D eigenvalue weighted by atomic mass is 32.2. The highest BCUT2D eigenvalue weighted by Crippen LogP contribution is 2.43. The van der Waals surface area contributed by atoms with Crippen molar-refractivity contribution in [3.8, 4) is 5.69 Å². The van der Waals surface area contributed by atoms with Crippen molar-refractivity contribution in [1.82, 2.24) is 19.7 Å². The van der Waals surface area contributed by atoms with Gasteiger partial charge in [-0.25, -0.2) is 0 Å². The van der Waals surface area contributed by atoms with Crippen LogP contribution in [0.25, 0.3) is 5.69 Å². The summed E-state index contributed by atoms with van der Waals surface area (Å²) < 4.78 is 7.57. The minimum atomic E-state index is -0.372. The molecule has 5 rings (SSSR count). The zero-order valence-electron chi connectivity index (χ0n) is 16.7. The number of hydrogen-bond acceptors (Lipinski definition) is 5. The lowest BCUT2D eigenvalue weighted by Gasteiger charge is -2.30. The van der Waals surface area contributed by atoms with Gasteiger partial charge in [0.25, 0.3) is 0 Å². The van der Waals surface area contributed by atoms with E-state index in [4.69, 9.17) is 4.74 Å². The van der Waals surface area contributed by atoms with Gasteiger partial charge in [-0.3, -0.25) is 9.36 Å². The summed E-state index contributed by atoms with van der Waals surface area (Å²) in [4.78, 5) is 15.4. The van der Waals surface area contributed by atoms with Crippen LogP contribution in [0.3, 0.4) is 0 Å². The van der Waals surface area contributed by atoms with Crippen LogP contribution in [0.15, 0.2) is 65.8 Å². The fourth-order valence-corrected chi connectivity index (χ4v) is 4.87. The van der Waals surface area contributed by atoms with Gasteiger partial charge in [0.05, 0.1) is 13.2 Å². The van der Waals surface area contributed by atoms with Gasteiger partial charge in [-0.1, -0.05) is 60.3 Å². The van der Waals surface area contributed by atoms with Gasteiger partial charge in [0.1, 0.15) is 11.1 Å². The highest BCUT2D eigenvalue weighted by Gasteiger charge is 2.34. The maximum atomic E-state index is 13.5. The predicted molar refractivity (Wildman–Crippen MR) is 116 cm³/mol. The SMILES string of the molecule is O=C([C@H](Sc1nnc(C2CC2)n1-c1ccccc1)c1ccccc1)N1CCOCC1. The standard InChI is InChI=1S/C23H24N4O2S/c28-22(26-13-15-29-16-14-26)20(17-7-3-1-4-8-17)30-23-25-24-21(18-11-12-18)27(23)19-9-5-2-6-10-19/h1-10,18,20H,11-16H2/t20-/m1/s1. The van der Waals surface area contributed by atoms with Crippen molar-refractivity contribution in [1.29, 1.82) is 0 Å². The summed E-state index contributed by atoms with van der Waals surface area (Å²) in [6.45, 7) is 2.43. The summed E-state index contributed by atoms with van der Waals surface area (Å²) >= 11 is 1.49. The number of rotatable bonds is 6. The van der Waals surface area contributed by atoms with Crippen molar-refractivity contribution in [3.05, 3.63) is 72.1 Å². The van der Waals surface area contributed by atoms with Gasteiger partial charge in [-0.05, 0) is 30.5 Å². The normalized spacial score (nSPS) is 17.7. The fraction of sp³-hybridized carbons (Fsp3) is 0.348. The van der Waals surface area contributed by atoms with E-state index < -0.39 is 0 Å². The molecule has 1 aliphatic carbocycles. The Morgan fingerprint density at radius 2 is 1.63 bits per heavy atom. The van der Waals surface area contributed by atoms with Gasteiger partial charge in [-0.2, -0.15) is 0 Å². The molecule has 7 heteroatoms. The zero-order valence-corrected chi connectivity index (χ0v) is 17.5. The Kier molecular flexibility index (Phi) is 5.55. The number of carbonyl (C=O) groups is 1. The maximum absolute atomic E-state index is 13.5. The van der Waals surface area contributed by atoms with E-state index in [1.54, 1.807) is 0 Å². The lowest BCUT2D eigenvalue weighted by atomic mass is 10.1. The minimum Gasteiger partial charge on any atom is -0.378 e. The Balaban J connectivity index is 1.51. The summed E-state index contributed by atoms with van der Waals surface area (Å²) in [5.74, 6) is 1.55. The molecule has 0 bridgehead atoms. The van der Waals surface area contributed by atoms with Crippen molar-refractivity contribution in [3.63, 3.8) is 0 Å². The van der Waals surface area contributed by atoms with Crippen molar-refractivity contribution in [2.24, 2.45) is 0 Å². The number of para-hydroxylation sites is 1. The van der Waals surface area contributed by atoms with Gasteiger partial charge < -0.3 is 9.64 Å². The molecule has 0 N–H and O–H groups in total. The van der Waals surface area contributed by atoms with Crippen LogP contribution in [0.1, 0.15) is 35.4 Å². The van der Waals surface area contributed by atoms with Crippen LogP contribution in [0.5, 0.6) is 0 Å². The third kappa shape index (κ3) is 4.00. The van der Waals surface area contributed by atoms with Gasteiger partial charge in [0.2, 0.25) is 5.91 Å². The van der Waals surface area contributed by atoms with E-state index in [9.17, 15) is 4.79 Å². The Bertz CT molecular complexity index is 999. The lowest BCUT2D eigenvalue weighted by molar-refractivity contribution is -0.134. The molecule has 1 aromatic heterocycles. The van der Waals surface area contributed by atoms with Gasteiger partial charge in [-0.15, -0.1) is 10.2 Å². The quantitative estimate of drug-likeness (QED) is 0.567. The van der Waals surface area contributed by atoms with E-state index in [-0.39, 0.29) is 11.2 Å². The number of thioether (sulfide) groups is 1. The first kappa shape index (κ1) is 19.3. The van der Waals surface area contributed by atoms with Crippen molar-refractivity contribution < 1.29 is 9.53 Å². The number of carbonyl (C=O) groups excluding carboxylic acids is 1. The third-order valence-corrected chi connectivity index (χ3v) is 6.67. The van der Waals surface area contributed by atoms with Crippen LogP contribution < -0.4 is 0 Å². The van der Waals surface area contributed by atoms with E-state index in [0.29, 0.717) is 32.2 Å². The molecule has 2 aromatic carbocycles. The number of benzene rings is 2. The molecule has 1 aliphatic heterocycles. The fourth-order valence-electron chi connectivity index (χ4n) is 3.73. The van der Waals surface area contributed by atoms with E-state index in [2.05, 4.69) is 26.9 Å². The number of amides is 1. The highest BCUT2D eigenvalue weighted by molar-refractivity contribution is 8.00. The van der Waals surface area contributed by atoms with Crippen LogP contribution in [0.4, 0.5) is 0 Å². The van der Waals surface area contributed by atoms with Crippen molar-refractivity contribution in [2.75, 3.05) is 26.3 Å². The molecule has 1 saturated carbocycles. The lowest BCUT2D eigenvalue weighted by Crippen LogP contribution is -2.42. The first-order valence-corrected chi connectivity index (χ1v) is 11.3. The molecular weight excluding hydrogens is 396 g/mol. The van der Waals surface area contributed by atoms with Crippen LogP contribution in [-0.2, 0) is 9.53 Å². The van der Waals surface area contributed by atoms with Crippen LogP contribution in [0, 0.1) is 0 Å². The monoisotopic (exact) mass is 420 g/mol. The summed E-state index contributed by atoms with van der Waals surface area (Å²) in [6.07, 6.45) is 2.29. The Morgan fingerprint density at radius 1 is 0.967 bits per heavy atom. The first-order chi connectivity index (χ1) is 14.8. The number of ether oxygens (including phenoxy) is 1. The van der Waals surface area contributed by atoms with E-state index in [0.717, 1.165) is 35.1 Å². The molecule has 0 unspecified atom stereocenters. The molecule has 154 valence electrons. The molecular formula is C23H24N4O2S. The molecule has 6 nitrogen and oxygen atoms in total. The second kappa shape index (κ2) is 8.62. The molecule has 30 heavy (non-hydrogen) atoms. The summed E-state index contributed by atoms with van der Waals surface area (Å²) in [7, 11) is 0. The molecule has 2 fully saturated rings. The van der Waals surface area contributed by atoms with Gasteiger partial charge >= 0.3 is 0 Å². The Labute approximate surface area is 180 Å². The molecule has 1 amide bonds. The summed E-state index contributed by atoms with van der Waals surface area (Å²) in [6, 6.07) is 20.2. The number of nitrogens with zero attached hydrogens (tertiary/aromatic N) is 4. The average molecular weight is 421 g/mol. The molecule has 2 heterocycles. The second-order valence-corrected chi connectivity index (χ2v) is 8.70. The second-order valence-electron chi connectivity index (χ2n) is 7.63. The van der Waals surface area contributed by atoms with Gasteiger partial charge in [0, 0.05) is 24.7 Å². The molecule has 0 spiro atoms. The minimum absolute atomic E-state index is 0.102. The average Bonchev–Trinajstić information content (AvgIpc) is 3.58. The smallest absolute Gasteiger partial charge is 0.240 e. The van der Waals surface area contributed by atoms with Crippen LogP contribution in [0.2, 0.25) is 0 Å². The molecule has 0 radical (unpaired) electrons. The summed E-state index contributed by atoms with van der Waals surface area (Å²) in [5.41, 5.74) is 2.02. The Morgan fingerprint density at radius 3 is 2.30 bits per heavy atom. The van der Waals surface area contributed by atoms with Crippen molar-refractivity contribution >= 4 is 17.7 Å². The zero-order chi connectivity index (χ0) is 20.3. The van der Waals surface area contributed by atoms with E-state index in [1.807, 2.05) is 53.4 Å². The molecule has 2 aliphatic rings. The van der Waals surface area contributed by atoms with Crippen molar-refractivity contribution in [2.45, 2.75) is 29.2 Å². The van der Waals surface area contributed by atoms with Crippen LogP contribution >= 0.6 is 11.8 Å². The largest absolute Gasteiger partial charge is 0.378 e. The predicted octanol–water partition coefficient (Wildman–Crippen LogP) is 3.84.